The summed E-state index contributed by atoms with van der Waals surface area (Å²) in [6.45, 7) is 3.49. The van der Waals surface area contributed by atoms with E-state index in [1.54, 1.807) is 11.1 Å². The first-order valence-electron chi connectivity index (χ1n) is 7.68. The molecule has 2 aliphatic carbocycles. The van der Waals surface area contributed by atoms with Gasteiger partial charge >= 0.3 is 0 Å². The Morgan fingerprint density at radius 2 is 1.94 bits per heavy atom. The van der Waals surface area contributed by atoms with Crippen molar-refractivity contribution in [3.63, 3.8) is 0 Å². The highest BCUT2D eigenvalue weighted by Crippen LogP contribution is 2.32. The van der Waals surface area contributed by atoms with Gasteiger partial charge in [-0.3, -0.25) is 0 Å². The van der Waals surface area contributed by atoms with E-state index in [-0.39, 0.29) is 0 Å². The third-order valence-electron chi connectivity index (χ3n) is 4.57. The summed E-state index contributed by atoms with van der Waals surface area (Å²) >= 11 is 0. The number of aryl methyl sites for hydroxylation is 2. The zero-order valence-corrected chi connectivity index (χ0v) is 11.5. The number of nitrogens with one attached hydrogen (secondary N) is 1. The lowest BCUT2D eigenvalue weighted by Crippen LogP contribution is -2.20. The molecule has 0 amide bonds. The van der Waals surface area contributed by atoms with E-state index in [1.165, 1.54) is 57.1 Å². The molecular weight excluding hydrogens is 218 g/mol. The Balaban J connectivity index is 1.59. The van der Waals surface area contributed by atoms with Crippen LogP contribution < -0.4 is 5.32 Å². The van der Waals surface area contributed by atoms with Crippen molar-refractivity contribution < 1.29 is 0 Å². The minimum absolute atomic E-state index is 0.510. The Bertz CT molecular complexity index is 406. The van der Waals surface area contributed by atoms with Crippen molar-refractivity contribution in [1.82, 2.24) is 5.32 Å². The Morgan fingerprint density at radius 1 is 1.17 bits per heavy atom. The summed E-state index contributed by atoms with van der Waals surface area (Å²) in [5.41, 5.74) is 4.68. The van der Waals surface area contributed by atoms with Crippen molar-refractivity contribution in [2.75, 3.05) is 6.54 Å². The molecule has 1 fully saturated rings. The smallest absolute Gasteiger partial charge is 0.0291 e. The van der Waals surface area contributed by atoms with Gasteiger partial charge in [0.05, 0.1) is 0 Å². The van der Waals surface area contributed by atoms with Gasteiger partial charge in [-0.05, 0) is 68.2 Å². The van der Waals surface area contributed by atoms with Gasteiger partial charge in [0, 0.05) is 6.04 Å². The largest absolute Gasteiger partial charge is 0.310 e. The number of hydrogen-bond donors (Lipinski definition) is 1. The first-order valence-corrected chi connectivity index (χ1v) is 7.68. The second kappa shape index (κ2) is 5.44. The highest BCUT2D eigenvalue weighted by atomic mass is 14.9. The van der Waals surface area contributed by atoms with Crippen molar-refractivity contribution in [1.29, 1.82) is 0 Å². The molecule has 1 nitrogen and oxygen atoms in total. The van der Waals surface area contributed by atoms with Crippen molar-refractivity contribution in [2.45, 2.75) is 57.9 Å². The maximum Gasteiger partial charge on any atom is 0.0291 e. The third-order valence-corrected chi connectivity index (χ3v) is 4.57. The molecule has 0 radical (unpaired) electrons. The summed E-state index contributed by atoms with van der Waals surface area (Å²) in [6.07, 6.45) is 9.64. The molecule has 1 atom stereocenters. The fourth-order valence-electron chi connectivity index (χ4n) is 3.05. The quantitative estimate of drug-likeness (QED) is 0.823. The first kappa shape index (κ1) is 12.2. The summed E-state index contributed by atoms with van der Waals surface area (Å²) in [5.74, 6) is 1.04. The predicted octanol–water partition coefficient (Wildman–Crippen LogP) is 4.02. The van der Waals surface area contributed by atoms with Crippen LogP contribution in [-0.4, -0.2) is 6.54 Å². The highest BCUT2D eigenvalue weighted by Gasteiger charge is 2.20. The Kier molecular flexibility index (Phi) is 3.69. The summed E-state index contributed by atoms with van der Waals surface area (Å²) < 4.78 is 0. The highest BCUT2D eigenvalue weighted by molar-refractivity contribution is 5.35. The average molecular weight is 243 g/mol. The van der Waals surface area contributed by atoms with Crippen LogP contribution in [0.5, 0.6) is 0 Å². The van der Waals surface area contributed by atoms with Gasteiger partial charge in [0.15, 0.2) is 0 Å². The van der Waals surface area contributed by atoms with Crippen LogP contribution in [-0.2, 0) is 12.8 Å². The van der Waals surface area contributed by atoms with E-state index >= 15 is 0 Å². The number of rotatable bonds is 5. The molecule has 0 spiro atoms. The standard InChI is InChI=1S/C17H25N/c1-13(18-11-10-14-6-7-14)16-9-8-15-4-2-3-5-17(15)12-16/h8-9,12-14,18H,2-7,10-11H2,1H3. The van der Waals surface area contributed by atoms with E-state index < -0.39 is 0 Å². The molecule has 98 valence electrons. The molecule has 1 aromatic rings. The minimum Gasteiger partial charge on any atom is -0.310 e. The molecule has 18 heavy (non-hydrogen) atoms. The second-order valence-corrected chi connectivity index (χ2v) is 6.14. The third kappa shape index (κ3) is 2.95. The summed E-state index contributed by atoms with van der Waals surface area (Å²) in [5, 5.41) is 3.68. The van der Waals surface area contributed by atoms with Crippen LogP contribution in [0.25, 0.3) is 0 Å². The lowest BCUT2D eigenvalue weighted by atomic mass is 9.89. The maximum atomic E-state index is 3.68. The second-order valence-electron chi connectivity index (χ2n) is 6.14. The average Bonchev–Trinajstić information content (AvgIpc) is 3.22. The van der Waals surface area contributed by atoms with E-state index in [9.17, 15) is 0 Å². The Labute approximate surface area is 111 Å². The first-order chi connectivity index (χ1) is 8.83. The van der Waals surface area contributed by atoms with E-state index in [2.05, 4.69) is 30.4 Å². The summed E-state index contributed by atoms with van der Waals surface area (Å²) in [7, 11) is 0. The Hall–Kier alpha value is -0.820. The summed E-state index contributed by atoms with van der Waals surface area (Å²) in [6, 6.07) is 7.65. The van der Waals surface area contributed by atoms with Crippen LogP contribution in [0.3, 0.4) is 0 Å². The van der Waals surface area contributed by atoms with Gasteiger partial charge in [-0.1, -0.05) is 31.0 Å². The van der Waals surface area contributed by atoms with Crippen LogP contribution >= 0.6 is 0 Å². The fourth-order valence-corrected chi connectivity index (χ4v) is 3.05. The molecule has 1 heteroatoms. The van der Waals surface area contributed by atoms with E-state index in [1.807, 2.05) is 0 Å². The van der Waals surface area contributed by atoms with Gasteiger partial charge in [0.25, 0.3) is 0 Å². The molecule has 0 saturated heterocycles. The van der Waals surface area contributed by atoms with Crippen molar-refractivity contribution >= 4 is 0 Å². The maximum absolute atomic E-state index is 3.68. The molecule has 1 unspecified atom stereocenters. The van der Waals surface area contributed by atoms with E-state index in [0.717, 1.165) is 5.92 Å². The molecule has 0 heterocycles. The lowest BCUT2D eigenvalue weighted by molar-refractivity contribution is 0.538. The summed E-state index contributed by atoms with van der Waals surface area (Å²) in [4.78, 5) is 0. The zero-order valence-electron chi connectivity index (χ0n) is 11.5. The SMILES string of the molecule is CC(NCCC1CC1)c1ccc2c(c1)CCCC2. The fraction of sp³-hybridized carbons (Fsp3) is 0.647. The van der Waals surface area contributed by atoms with Crippen molar-refractivity contribution in [3.8, 4) is 0 Å². The van der Waals surface area contributed by atoms with Crippen LogP contribution in [0.15, 0.2) is 18.2 Å². The van der Waals surface area contributed by atoms with E-state index in [0.29, 0.717) is 6.04 Å². The number of hydrogen-bond acceptors (Lipinski definition) is 1. The monoisotopic (exact) mass is 243 g/mol. The van der Waals surface area contributed by atoms with Gasteiger partial charge in [-0.2, -0.15) is 0 Å². The molecule has 3 rings (SSSR count). The van der Waals surface area contributed by atoms with Gasteiger partial charge in [0.1, 0.15) is 0 Å². The normalized spacial score (nSPS) is 20.5. The van der Waals surface area contributed by atoms with Crippen LogP contribution in [0, 0.1) is 5.92 Å². The van der Waals surface area contributed by atoms with E-state index in [4.69, 9.17) is 0 Å². The molecule has 1 aromatic carbocycles. The topological polar surface area (TPSA) is 12.0 Å². The van der Waals surface area contributed by atoms with Crippen LogP contribution in [0.4, 0.5) is 0 Å². The molecular formula is C17H25N. The van der Waals surface area contributed by atoms with Crippen LogP contribution in [0.1, 0.15) is 61.8 Å². The molecule has 1 saturated carbocycles. The number of benzene rings is 1. The number of fused-ring (bicyclic) bond motifs is 1. The van der Waals surface area contributed by atoms with Crippen molar-refractivity contribution in [3.05, 3.63) is 34.9 Å². The molecule has 0 aliphatic heterocycles. The zero-order chi connectivity index (χ0) is 12.4. The molecule has 0 aromatic heterocycles. The molecule has 0 bridgehead atoms. The van der Waals surface area contributed by atoms with Gasteiger partial charge in [-0.25, -0.2) is 0 Å². The van der Waals surface area contributed by atoms with Gasteiger partial charge in [-0.15, -0.1) is 0 Å². The molecule has 1 N–H and O–H groups in total. The minimum atomic E-state index is 0.510. The van der Waals surface area contributed by atoms with Crippen molar-refractivity contribution in [2.24, 2.45) is 5.92 Å². The van der Waals surface area contributed by atoms with Gasteiger partial charge in [0.2, 0.25) is 0 Å². The Morgan fingerprint density at radius 3 is 2.72 bits per heavy atom. The predicted molar refractivity (Wildman–Crippen MR) is 76.8 cm³/mol. The lowest BCUT2D eigenvalue weighted by Gasteiger charge is -2.20. The van der Waals surface area contributed by atoms with Gasteiger partial charge < -0.3 is 5.32 Å². The molecule has 2 aliphatic rings. The van der Waals surface area contributed by atoms with Crippen LogP contribution in [0.2, 0.25) is 0 Å².